The van der Waals surface area contributed by atoms with E-state index in [0.29, 0.717) is 4.68 Å². The fraction of sp³-hybridized carbons (Fsp3) is 0.282. The minimum absolute atomic E-state index is 0.0151. The standard InChI is InChI=1S/2C24H24N12O3.C23H22N12O3/c2*1-14-4-5-18(25-10-14)36-24(29-31-32-36)34-8-6-33(7-9-34)23(38)21(37)16-11-26-20-19(16)17(39-3)12-27-22(20)35-13-28-15(2)30-35;1-14-27-13-34(29-14)21-19-18(16(38-2)12-26-21)15(11-25-19)20(36)22(37)32-7-9-33(10-8-32)23-28-30-31-35(23)17-5-3-4-6-24-17/h2*4-5,10-13,26H,6-9H2,1-3H3;3-6,11-13,25H,7-10H2,1-2H3/i2D3,4D,5D,6D2,7D2,8D2,9D2,10D;2D3,4D,5D,10D;1D3,7D2,8D2,9D2,10D2. The number of H-pyrrole nitrogens is 3. The van der Waals surface area contributed by atoms with Gasteiger partial charge in [0.25, 0.3) is 52.9 Å². The molecule has 15 aromatic rings. The number of tetrazole rings is 3. The number of ether oxygens (including phenoxy) is 3. The summed E-state index contributed by atoms with van der Waals surface area (Å²) < 4.78 is 278. The number of pyridine rings is 6. The van der Waals surface area contributed by atoms with Crippen molar-refractivity contribution in [2.45, 2.75) is 34.4 Å². The number of hydrogen-bond donors (Lipinski definition) is 3. The van der Waals surface area contributed by atoms with Crippen molar-refractivity contribution in [1.82, 2.24) is 164 Å². The lowest BCUT2D eigenvalue weighted by molar-refractivity contribution is -0.127. The zero-order valence-electron chi connectivity index (χ0n) is 90.8. The van der Waals surface area contributed by atoms with Gasteiger partial charge in [0.05, 0.1) is 119 Å². The predicted molar refractivity (Wildman–Crippen MR) is 407 cm³/mol. The number of aromatic amines is 3. The number of ketones is 3. The summed E-state index contributed by atoms with van der Waals surface area (Å²) in [5.41, 5.74) is -0.640. The van der Waals surface area contributed by atoms with Crippen LogP contribution in [-0.4, -0.2) is 299 Å². The molecular weight excluding hydrogens is 1500 g/mol. The molecule has 0 atom stereocenters. The zero-order valence-corrected chi connectivity index (χ0v) is 59.8. The van der Waals surface area contributed by atoms with Crippen molar-refractivity contribution < 1.29 is 85.5 Å². The monoisotopic (exact) mass is 1600 g/mol. The molecule has 0 bridgehead atoms. The Hall–Kier alpha value is -15.6. The Labute approximate surface area is 697 Å². The van der Waals surface area contributed by atoms with Crippen molar-refractivity contribution in [2.75, 3.05) is 114 Å². The molecule has 0 spiro atoms. The van der Waals surface area contributed by atoms with E-state index in [4.69, 9.17) is 56.7 Å². The molecule has 3 aliphatic rings. The number of methoxy groups -OCH3 is 3. The highest BCUT2D eigenvalue weighted by Gasteiger charge is 2.36. The number of carbonyl (C=O) groups excluding carboxylic acids is 6. The quantitative estimate of drug-likeness (QED) is 0.0813. The summed E-state index contributed by atoms with van der Waals surface area (Å²) in [5, 5.41) is 44.5. The highest BCUT2D eigenvalue weighted by atomic mass is 16.5. The molecule has 45 heteroatoms. The van der Waals surface area contributed by atoms with E-state index in [-0.39, 0.29) is 162 Å². The van der Waals surface area contributed by atoms with Crippen LogP contribution in [0, 0.1) is 34.4 Å². The summed E-state index contributed by atoms with van der Waals surface area (Å²) >= 11 is 0. The molecule has 18 rings (SSSR count). The van der Waals surface area contributed by atoms with Gasteiger partial charge < -0.3 is 58.6 Å². The lowest BCUT2D eigenvalue weighted by atomic mass is 10.1. The summed E-state index contributed by atoms with van der Waals surface area (Å²) in [6, 6.07) is 2.84. The Morgan fingerprint density at radius 1 is 0.431 bits per heavy atom. The normalized spacial score (nSPS) is 21.4. The average molecular weight is 1600 g/mol. The number of Topliss-reactive ketones (excluding diaryl/α,β-unsaturated/α-hetero) is 3. The largest absolute Gasteiger partial charge is 0.494 e. The second-order valence-corrected chi connectivity index (χ2v) is 23.7. The third-order valence-electron chi connectivity index (χ3n) is 16.8. The maximum atomic E-state index is 14.0. The highest BCUT2D eigenvalue weighted by molar-refractivity contribution is 6.46. The summed E-state index contributed by atoms with van der Waals surface area (Å²) in [7, 11) is 3.78. The van der Waals surface area contributed by atoms with Crippen LogP contribution in [0.3, 0.4) is 0 Å². The van der Waals surface area contributed by atoms with Gasteiger partial charge in [-0.1, -0.05) is 33.4 Å². The second-order valence-electron chi connectivity index (χ2n) is 23.7. The van der Waals surface area contributed by atoms with E-state index in [1.165, 1.54) is 87.9 Å². The molecule has 0 radical (unpaired) electrons. The number of rotatable bonds is 18. The minimum atomic E-state index is -3.91. The van der Waals surface area contributed by atoms with Gasteiger partial charge in [-0.15, -0.1) is 0 Å². The number of hydrogen-bond acceptors (Lipinski definition) is 33. The van der Waals surface area contributed by atoms with Crippen LogP contribution in [0.1, 0.15) is 102 Å². The van der Waals surface area contributed by atoms with Gasteiger partial charge in [-0.3, -0.25) is 28.8 Å². The fourth-order valence-electron chi connectivity index (χ4n) is 11.5. The molecule has 0 unspecified atom stereocenters. The third kappa shape index (κ3) is 14.3. The molecule has 18 heterocycles. The number of nitrogens with zero attached hydrogens (tertiary/aromatic N) is 33. The number of piperazine rings is 3. The van der Waals surface area contributed by atoms with Crippen molar-refractivity contribution in [3.63, 3.8) is 0 Å². The molecule has 15 aromatic heterocycles. The molecule has 3 N–H and O–H groups in total. The molecule has 116 heavy (non-hydrogen) atoms. The van der Waals surface area contributed by atoms with Gasteiger partial charge in [-0.25, -0.2) is 58.9 Å². The van der Waals surface area contributed by atoms with Crippen molar-refractivity contribution >= 4 is 85.6 Å². The van der Waals surface area contributed by atoms with Crippen LogP contribution < -0.4 is 28.9 Å². The molecule has 0 aromatic carbocycles. The maximum Gasteiger partial charge on any atom is 0.295 e. The molecule has 588 valence electrons. The average Bonchev–Trinajstić information content (AvgIpc) is 0.855. The van der Waals surface area contributed by atoms with Crippen LogP contribution in [0.25, 0.3) is 67.6 Å². The molecule has 3 saturated heterocycles. The van der Waals surface area contributed by atoms with Gasteiger partial charge in [0.1, 0.15) is 53.7 Å². The molecule has 3 aliphatic heterocycles. The van der Waals surface area contributed by atoms with Crippen molar-refractivity contribution in [1.29, 1.82) is 0 Å². The first-order chi connectivity index (χ1) is 68.6. The van der Waals surface area contributed by atoms with E-state index in [2.05, 4.69) is 122 Å². The number of aromatic nitrogens is 30. The Kier molecular flexibility index (Phi) is 12.6. The summed E-state index contributed by atoms with van der Waals surface area (Å²) in [4.78, 5) is 129. The van der Waals surface area contributed by atoms with E-state index in [0.717, 1.165) is 56.2 Å². The smallest absolute Gasteiger partial charge is 0.295 e. The van der Waals surface area contributed by atoms with Gasteiger partial charge in [0, 0.05) is 128 Å². The van der Waals surface area contributed by atoms with Gasteiger partial charge in [0.2, 0.25) is 0 Å². The number of aryl methyl sites for hydroxylation is 3. The first kappa shape index (κ1) is 46.3. The number of fused-ring (bicyclic) bond motifs is 3. The Balaban J connectivity index is 0.000000158. The van der Waals surface area contributed by atoms with E-state index < -0.39 is 176 Å². The number of carbonyl (C=O) groups is 6. The predicted octanol–water partition coefficient (Wildman–Crippen LogP) is 1.71. The van der Waals surface area contributed by atoms with Gasteiger partial charge in [0.15, 0.2) is 34.9 Å². The van der Waals surface area contributed by atoms with Crippen molar-refractivity contribution in [2.24, 2.45) is 0 Å². The molecule has 3 amide bonds. The van der Waals surface area contributed by atoms with Gasteiger partial charge in [-0.05, 0) is 101 Å². The van der Waals surface area contributed by atoms with E-state index >= 15 is 0 Å². The first-order valence-corrected chi connectivity index (χ1v) is 33.1. The second kappa shape index (κ2) is 31.6. The Morgan fingerprint density at radius 3 is 1.16 bits per heavy atom. The SMILES string of the molecule is [2H]C([2H])([2H])c1ncn(-c2ncc(OC)c3c(C(=O)C(=O)N4C([2H])([2H])C([2H])([2H])N(c5nnnn5-c5ccccn5)C([2H])([2H])C4([2H])[2H])c[nH]c23)n1.[2H]c1nc(-n2nnnc2N2C([2H])([2H])C([2H])([2H])N(C(=O)C(=O)c3c[nH]c4c(-n5cnc(C([2H])([2H])[2H])n5)ncc(OC)c34)C([2H])([2H])C2([2H])[2H])c([2H])c([2H])c1C.[2H]c1nc(-n2nnnc2N2CCN(C(=O)C(=O)c3c[nH]c4c(-n5cnc(C([2H])([2H])[2H])n5)ncc(OC)c34)CC2)c([2H])c([2H])c1C. The lowest BCUT2D eigenvalue weighted by Crippen LogP contribution is -2.51. The zero-order chi connectivity index (χ0) is 107. The maximum absolute atomic E-state index is 14.0. The van der Waals surface area contributed by atoms with E-state index in [9.17, 15) is 28.8 Å². The van der Waals surface area contributed by atoms with Crippen LogP contribution in [0.2, 0.25) is 0 Å². The molecule has 0 saturated carbocycles. The van der Waals surface area contributed by atoms with Crippen LogP contribution in [0.5, 0.6) is 17.2 Å². The van der Waals surface area contributed by atoms with Gasteiger partial charge in [-0.2, -0.15) is 29.3 Å². The Bertz CT molecular complexity index is 7740. The summed E-state index contributed by atoms with van der Waals surface area (Å²) in [6.07, 6.45) is 10.7. The number of amides is 3. The topological polar surface area (TPSA) is 497 Å². The summed E-state index contributed by atoms with van der Waals surface area (Å²) in [6.45, 7) is -34.5. The third-order valence-corrected chi connectivity index (χ3v) is 16.8. The molecule has 0 aliphatic carbocycles. The summed E-state index contributed by atoms with van der Waals surface area (Å²) in [5.74, 6) is -12.8. The molecule has 45 nitrogen and oxygen atoms in total. The lowest BCUT2D eigenvalue weighted by Gasteiger charge is -2.34. The van der Waals surface area contributed by atoms with Crippen LogP contribution in [-0.2, 0) is 14.4 Å². The fourth-order valence-corrected chi connectivity index (χ4v) is 11.5. The first-order valence-electron chi connectivity index (χ1n) is 48.6. The Morgan fingerprint density at radius 2 is 0.802 bits per heavy atom. The minimum Gasteiger partial charge on any atom is -0.494 e. The molecular formula is C71H70N36O9. The van der Waals surface area contributed by atoms with E-state index in [1.54, 1.807) is 4.90 Å². The van der Waals surface area contributed by atoms with Crippen LogP contribution in [0.15, 0.2) is 117 Å². The van der Waals surface area contributed by atoms with Crippen LogP contribution >= 0.6 is 0 Å². The molecule has 3 fully saturated rings. The van der Waals surface area contributed by atoms with Crippen molar-refractivity contribution in [3.8, 4) is 52.2 Å². The number of nitrogens with one attached hydrogen (secondary N) is 3. The number of anilines is 3. The van der Waals surface area contributed by atoms with E-state index in [1.807, 2.05) is 0 Å². The van der Waals surface area contributed by atoms with Gasteiger partial charge >= 0.3 is 0 Å². The van der Waals surface area contributed by atoms with Crippen molar-refractivity contribution in [3.05, 3.63) is 162 Å². The van der Waals surface area contributed by atoms with Crippen LogP contribution in [0.4, 0.5) is 17.8 Å². The highest BCUT2D eigenvalue weighted by Crippen LogP contribution is 2.36.